The van der Waals surface area contributed by atoms with Crippen LogP contribution in [0.3, 0.4) is 0 Å². The first kappa shape index (κ1) is 15.8. The largest absolute Gasteiger partial charge is 0.488 e. The van der Waals surface area contributed by atoms with E-state index >= 15 is 0 Å². The maximum absolute atomic E-state index is 11.9. The lowest BCUT2D eigenvalue weighted by atomic mass is 10.1. The quantitative estimate of drug-likeness (QED) is 0.757. The van der Waals surface area contributed by atoms with Gasteiger partial charge < -0.3 is 4.74 Å². The van der Waals surface area contributed by atoms with Gasteiger partial charge in [-0.2, -0.15) is 0 Å². The van der Waals surface area contributed by atoms with Gasteiger partial charge in [0.05, 0.1) is 6.54 Å². The fraction of sp³-hybridized carbons (Fsp3) is 0.158. The van der Waals surface area contributed by atoms with Crippen LogP contribution in [0.5, 0.6) is 5.75 Å². The van der Waals surface area contributed by atoms with Crippen molar-refractivity contribution in [1.29, 1.82) is 0 Å². The number of aromatic amines is 1. The fourth-order valence-electron chi connectivity index (χ4n) is 2.52. The Kier molecular flexibility index (Phi) is 4.91. The SMILES string of the molecule is O=c1ccn(CC(Cc2ccccc2)Oc2ccccc2)c(=O)[nH]1. The molecule has 24 heavy (non-hydrogen) atoms. The third-order valence-corrected chi connectivity index (χ3v) is 3.65. The summed E-state index contributed by atoms with van der Waals surface area (Å²) in [5.41, 5.74) is 0.285. The number of H-pyrrole nitrogens is 1. The molecular formula is C19H18N2O3. The molecule has 1 atom stereocenters. The molecule has 0 fully saturated rings. The number of benzene rings is 2. The van der Waals surface area contributed by atoms with Gasteiger partial charge >= 0.3 is 5.69 Å². The van der Waals surface area contributed by atoms with Gasteiger partial charge in [0.25, 0.3) is 5.56 Å². The molecule has 5 nitrogen and oxygen atoms in total. The topological polar surface area (TPSA) is 64.1 Å². The minimum absolute atomic E-state index is 0.238. The van der Waals surface area contributed by atoms with Gasteiger partial charge in [-0.3, -0.25) is 14.3 Å². The summed E-state index contributed by atoms with van der Waals surface area (Å²) in [7, 11) is 0. The zero-order valence-electron chi connectivity index (χ0n) is 13.1. The van der Waals surface area contributed by atoms with Crippen molar-refractivity contribution >= 4 is 0 Å². The second-order valence-corrected chi connectivity index (χ2v) is 5.51. The summed E-state index contributed by atoms with van der Waals surface area (Å²) in [6.07, 6.45) is 1.91. The molecule has 0 aliphatic heterocycles. The van der Waals surface area contributed by atoms with E-state index in [1.165, 1.54) is 16.8 Å². The van der Waals surface area contributed by atoms with Crippen LogP contribution in [0.4, 0.5) is 0 Å². The Morgan fingerprint density at radius 1 is 0.917 bits per heavy atom. The van der Waals surface area contributed by atoms with E-state index in [4.69, 9.17) is 4.74 Å². The second kappa shape index (κ2) is 7.46. The van der Waals surface area contributed by atoms with Crippen LogP contribution < -0.4 is 16.0 Å². The average Bonchev–Trinajstić information content (AvgIpc) is 2.59. The maximum Gasteiger partial charge on any atom is 0.328 e. The molecule has 0 saturated heterocycles. The highest BCUT2D eigenvalue weighted by atomic mass is 16.5. The molecule has 1 N–H and O–H groups in total. The minimum atomic E-state index is -0.433. The van der Waals surface area contributed by atoms with E-state index in [0.717, 1.165) is 11.3 Å². The molecule has 0 radical (unpaired) electrons. The summed E-state index contributed by atoms with van der Waals surface area (Å²) in [5.74, 6) is 0.746. The smallest absolute Gasteiger partial charge is 0.328 e. The van der Waals surface area contributed by atoms with E-state index in [1.807, 2.05) is 60.7 Å². The zero-order valence-corrected chi connectivity index (χ0v) is 13.1. The van der Waals surface area contributed by atoms with Gasteiger partial charge in [0.1, 0.15) is 11.9 Å². The van der Waals surface area contributed by atoms with E-state index in [9.17, 15) is 9.59 Å². The number of ether oxygens (including phenoxy) is 1. The van der Waals surface area contributed by atoms with Gasteiger partial charge in [-0.25, -0.2) is 4.79 Å². The van der Waals surface area contributed by atoms with Gasteiger partial charge in [-0.15, -0.1) is 0 Å². The van der Waals surface area contributed by atoms with Crippen LogP contribution in [0, 0.1) is 0 Å². The number of para-hydroxylation sites is 1. The molecule has 0 amide bonds. The Balaban J connectivity index is 1.83. The number of nitrogens with zero attached hydrogens (tertiary/aromatic N) is 1. The van der Waals surface area contributed by atoms with Crippen molar-refractivity contribution in [2.24, 2.45) is 0 Å². The van der Waals surface area contributed by atoms with Crippen LogP contribution >= 0.6 is 0 Å². The first-order valence-corrected chi connectivity index (χ1v) is 7.76. The van der Waals surface area contributed by atoms with Gasteiger partial charge in [0, 0.05) is 18.7 Å². The molecule has 1 heterocycles. The highest BCUT2D eigenvalue weighted by Gasteiger charge is 2.14. The fourth-order valence-corrected chi connectivity index (χ4v) is 2.52. The molecule has 0 bridgehead atoms. The van der Waals surface area contributed by atoms with Crippen molar-refractivity contribution in [3.63, 3.8) is 0 Å². The lowest BCUT2D eigenvalue weighted by molar-refractivity contribution is 0.178. The van der Waals surface area contributed by atoms with Crippen LogP contribution in [-0.4, -0.2) is 15.7 Å². The Labute approximate surface area is 139 Å². The number of rotatable bonds is 6. The predicted molar refractivity (Wildman–Crippen MR) is 92.3 cm³/mol. The minimum Gasteiger partial charge on any atom is -0.488 e. The van der Waals surface area contributed by atoms with E-state index < -0.39 is 11.2 Å². The summed E-state index contributed by atoms with van der Waals surface area (Å²) in [6, 6.07) is 20.8. The van der Waals surface area contributed by atoms with E-state index in [-0.39, 0.29) is 6.10 Å². The van der Waals surface area contributed by atoms with E-state index in [1.54, 1.807) is 0 Å². The lowest BCUT2D eigenvalue weighted by Crippen LogP contribution is -2.35. The highest BCUT2D eigenvalue weighted by Crippen LogP contribution is 2.15. The molecule has 3 rings (SSSR count). The van der Waals surface area contributed by atoms with Crippen LogP contribution in [0.15, 0.2) is 82.5 Å². The molecule has 122 valence electrons. The van der Waals surface area contributed by atoms with Crippen molar-refractivity contribution in [2.45, 2.75) is 19.1 Å². The summed E-state index contributed by atoms with van der Waals surface area (Å²) >= 11 is 0. The monoisotopic (exact) mass is 322 g/mol. The first-order chi connectivity index (χ1) is 11.7. The molecule has 0 saturated carbocycles. The van der Waals surface area contributed by atoms with Gasteiger partial charge in [-0.1, -0.05) is 48.5 Å². The molecule has 1 aromatic heterocycles. The molecule has 2 aromatic carbocycles. The third kappa shape index (κ3) is 4.23. The molecular weight excluding hydrogens is 304 g/mol. The molecule has 0 spiro atoms. The lowest BCUT2D eigenvalue weighted by Gasteiger charge is -2.20. The van der Waals surface area contributed by atoms with Gasteiger partial charge in [0.15, 0.2) is 0 Å². The second-order valence-electron chi connectivity index (χ2n) is 5.51. The van der Waals surface area contributed by atoms with Crippen LogP contribution in [0.25, 0.3) is 0 Å². The number of hydrogen-bond donors (Lipinski definition) is 1. The standard InChI is InChI=1S/C19H18N2O3/c22-18-11-12-21(19(23)20-18)14-17(13-15-7-3-1-4-8-15)24-16-9-5-2-6-10-16/h1-12,17H,13-14H2,(H,20,22,23). The number of hydrogen-bond acceptors (Lipinski definition) is 3. The zero-order chi connectivity index (χ0) is 16.8. The normalized spacial score (nSPS) is 11.8. The highest BCUT2D eigenvalue weighted by molar-refractivity contribution is 5.22. The van der Waals surface area contributed by atoms with E-state index in [0.29, 0.717) is 13.0 Å². The molecule has 0 aliphatic rings. The summed E-state index contributed by atoms with van der Waals surface area (Å²) in [6.45, 7) is 0.347. The van der Waals surface area contributed by atoms with Crippen LogP contribution in [-0.2, 0) is 13.0 Å². The molecule has 5 heteroatoms. The van der Waals surface area contributed by atoms with Crippen molar-refractivity contribution in [3.8, 4) is 5.75 Å². The van der Waals surface area contributed by atoms with Crippen LogP contribution in [0.2, 0.25) is 0 Å². The van der Waals surface area contributed by atoms with Crippen molar-refractivity contribution < 1.29 is 4.74 Å². The average molecular weight is 322 g/mol. The Bertz CT molecular complexity index is 844. The molecule has 1 unspecified atom stereocenters. The Morgan fingerprint density at radius 3 is 2.25 bits per heavy atom. The Hall–Kier alpha value is -3.08. The summed E-state index contributed by atoms with van der Waals surface area (Å²) in [5, 5.41) is 0. The van der Waals surface area contributed by atoms with E-state index in [2.05, 4.69) is 4.98 Å². The number of nitrogens with one attached hydrogen (secondary N) is 1. The van der Waals surface area contributed by atoms with Gasteiger partial charge in [-0.05, 0) is 17.7 Å². The van der Waals surface area contributed by atoms with Gasteiger partial charge in [0.2, 0.25) is 0 Å². The van der Waals surface area contributed by atoms with Crippen molar-refractivity contribution in [1.82, 2.24) is 9.55 Å². The Morgan fingerprint density at radius 2 is 1.58 bits per heavy atom. The predicted octanol–water partition coefficient (Wildman–Crippen LogP) is 2.23. The molecule has 3 aromatic rings. The summed E-state index contributed by atoms with van der Waals surface area (Å²) in [4.78, 5) is 25.4. The third-order valence-electron chi connectivity index (χ3n) is 3.65. The van der Waals surface area contributed by atoms with Crippen LogP contribution in [0.1, 0.15) is 5.56 Å². The first-order valence-electron chi connectivity index (χ1n) is 7.76. The number of aromatic nitrogens is 2. The van der Waals surface area contributed by atoms with Crippen molar-refractivity contribution in [2.75, 3.05) is 0 Å². The maximum atomic E-state index is 11.9. The summed E-state index contributed by atoms with van der Waals surface area (Å²) < 4.78 is 7.51. The van der Waals surface area contributed by atoms with Crippen molar-refractivity contribution in [3.05, 3.63) is 99.3 Å². The molecule has 0 aliphatic carbocycles.